The topological polar surface area (TPSA) is 39.1 Å². The molecule has 0 aromatic heterocycles. The molecule has 1 saturated carbocycles. The molecule has 1 N–H and O–H groups in total. The maximum absolute atomic E-state index is 12.4. The first kappa shape index (κ1) is 15.3. The van der Waals surface area contributed by atoms with Gasteiger partial charge in [0.15, 0.2) is 0 Å². The predicted octanol–water partition coefficient (Wildman–Crippen LogP) is 2.29. The number of halogens is 3. The molecule has 0 saturated heterocycles. The second kappa shape index (κ2) is 5.89. The van der Waals surface area contributed by atoms with Crippen LogP contribution in [-0.4, -0.2) is 42.8 Å². The summed E-state index contributed by atoms with van der Waals surface area (Å²) >= 11 is 0. The van der Waals surface area contributed by atoms with Gasteiger partial charge in [-0.2, -0.15) is 18.4 Å². The zero-order valence-electron chi connectivity index (χ0n) is 10.8. The van der Waals surface area contributed by atoms with Gasteiger partial charge in [0, 0.05) is 6.04 Å². The summed E-state index contributed by atoms with van der Waals surface area (Å²) in [6.45, 7) is 1.34. The molecule has 0 bridgehead atoms. The van der Waals surface area contributed by atoms with E-state index in [0.29, 0.717) is 19.4 Å². The lowest BCUT2D eigenvalue weighted by Gasteiger charge is -2.26. The number of nitrogens with zero attached hydrogens (tertiary/aromatic N) is 2. The van der Waals surface area contributed by atoms with Gasteiger partial charge in [-0.15, -0.1) is 0 Å². The van der Waals surface area contributed by atoms with Crippen molar-refractivity contribution in [1.82, 2.24) is 10.2 Å². The van der Waals surface area contributed by atoms with Crippen molar-refractivity contribution in [2.45, 2.75) is 50.4 Å². The fourth-order valence-electron chi connectivity index (χ4n) is 1.93. The Kier molecular flexibility index (Phi) is 5.00. The van der Waals surface area contributed by atoms with Crippen LogP contribution in [0.25, 0.3) is 0 Å². The third-order valence-electron chi connectivity index (χ3n) is 3.37. The monoisotopic (exact) mass is 263 g/mol. The molecule has 0 aromatic rings. The number of hydrogen-bond donors (Lipinski definition) is 1. The molecule has 0 aliphatic heterocycles. The molecule has 1 fully saturated rings. The van der Waals surface area contributed by atoms with Gasteiger partial charge < -0.3 is 5.32 Å². The fourth-order valence-corrected chi connectivity index (χ4v) is 1.93. The van der Waals surface area contributed by atoms with Crippen LogP contribution in [0.1, 0.15) is 32.6 Å². The molecule has 18 heavy (non-hydrogen) atoms. The number of nitrogens with one attached hydrogen (secondary N) is 1. The summed E-state index contributed by atoms with van der Waals surface area (Å²) in [4.78, 5) is 1.49. The fraction of sp³-hybridized carbons (Fsp3) is 0.917. The summed E-state index contributed by atoms with van der Waals surface area (Å²) in [6.07, 6.45) is -1.27. The predicted molar refractivity (Wildman–Crippen MR) is 63.0 cm³/mol. The Morgan fingerprint density at radius 2 is 2.00 bits per heavy atom. The first-order valence-electron chi connectivity index (χ1n) is 6.20. The number of nitriles is 1. The van der Waals surface area contributed by atoms with Crippen LogP contribution in [0.15, 0.2) is 0 Å². The Bertz CT molecular complexity index is 307. The van der Waals surface area contributed by atoms with E-state index < -0.39 is 18.3 Å². The van der Waals surface area contributed by atoms with Crippen LogP contribution >= 0.6 is 0 Å². The van der Waals surface area contributed by atoms with Gasteiger partial charge in [-0.05, 0) is 46.2 Å². The normalized spacial score (nSPS) is 19.6. The maximum Gasteiger partial charge on any atom is 0.401 e. The van der Waals surface area contributed by atoms with E-state index in [9.17, 15) is 13.2 Å². The average molecular weight is 263 g/mol. The minimum absolute atomic E-state index is 0.0922. The molecule has 1 rings (SSSR count). The molecule has 0 heterocycles. The highest BCUT2D eigenvalue weighted by Crippen LogP contribution is 2.30. The van der Waals surface area contributed by atoms with E-state index in [1.807, 2.05) is 0 Å². The van der Waals surface area contributed by atoms with Crippen LogP contribution < -0.4 is 5.32 Å². The van der Waals surface area contributed by atoms with Gasteiger partial charge >= 0.3 is 6.18 Å². The molecular formula is C12H20F3N3. The molecule has 1 aliphatic rings. The van der Waals surface area contributed by atoms with E-state index in [4.69, 9.17) is 5.26 Å². The van der Waals surface area contributed by atoms with Crippen molar-refractivity contribution in [3.8, 4) is 6.07 Å². The molecule has 1 unspecified atom stereocenters. The van der Waals surface area contributed by atoms with Crippen molar-refractivity contribution in [3.05, 3.63) is 0 Å². The smallest absolute Gasteiger partial charge is 0.303 e. The van der Waals surface area contributed by atoms with E-state index in [1.54, 1.807) is 14.0 Å². The van der Waals surface area contributed by atoms with Crippen LogP contribution in [0, 0.1) is 11.3 Å². The van der Waals surface area contributed by atoms with Gasteiger partial charge in [-0.25, -0.2) is 0 Å². The van der Waals surface area contributed by atoms with Gasteiger partial charge in [-0.1, -0.05) is 0 Å². The Hall–Kier alpha value is -0.800. The van der Waals surface area contributed by atoms with Crippen LogP contribution in [0.5, 0.6) is 0 Å². The van der Waals surface area contributed by atoms with E-state index in [0.717, 1.165) is 12.8 Å². The lowest BCUT2D eigenvalue weighted by atomic mass is 9.98. The Morgan fingerprint density at radius 3 is 2.39 bits per heavy atom. The van der Waals surface area contributed by atoms with Crippen LogP contribution in [-0.2, 0) is 0 Å². The zero-order chi connectivity index (χ0) is 13.8. The SMILES string of the molecule is CNC(C)(C#N)CCCN(CC(F)(F)F)C1CC1. The number of hydrogen-bond acceptors (Lipinski definition) is 3. The van der Waals surface area contributed by atoms with Gasteiger partial charge in [0.05, 0.1) is 12.6 Å². The van der Waals surface area contributed by atoms with Crippen LogP contribution in [0.3, 0.4) is 0 Å². The molecule has 6 heteroatoms. The first-order valence-corrected chi connectivity index (χ1v) is 6.20. The largest absolute Gasteiger partial charge is 0.401 e. The molecule has 0 spiro atoms. The highest BCUT2D eigenvalue weighted by molar-refractivity contribution is 5.02. The minimum atomic E-state index is -4.13. The quantitative estimate of drug-likeness (QED) is 0.766. The molecule has 0 amide bonds. The molecule has 1 aliphatic carbocycles. The van der Waals surface area contributed by atoms with Crippen LogP contribution in [0.4, 0.5) is 13.2 Å². The van der Waals surface area contributed by atoms with Crippen molar-refractivity contribution in [2.24, 2.45) is 0 Å². The summed E-state index contributed by atoms with van der Waals surface area (Å²) in [5.41, 5.74) is -0.645. The van der Waals surface area contributed by atoms with E-state index >= 15 is 0 Å². The van der Waals surface area contributed by atoms with Crippen molar-refractivity contribution >= 4 is 0 Å². The molecule has 0 aromatic carbocycles. The van der Waals surface area contributed by atoms with Gasteiger partial charge in [0.2, 0.25) is 0 Å². The summed E-state index contributed by atoms with van der Waals surface area (Å²) in [5, 5.41) is 11.8. The molecular weight excluding hydrogens is 243 g/mol. The highest BCUT2D eigenvalue weighted by atomic mass is 19.4. The molecule has 1 atom stereocenters. The Morgan fingerprint density at radius 1 is 1.39 bits per heavy atom. The van der Waals surface area contributed by atoms with Gasteiger partial charge in [0.25, 0.3) is 0 Å². The summed E-state index contributed by atoms with van der Waals surface area (Å²) < 4.78 is 37.1. The van der Waals surface area contributed by atoms with Crippen molar-refractivity contribution < 1.29 is 13.2 Å². The highest BCUT2D eigenvalue weighted by Gasteiger charge is 2.37. The lowest BCUT2D eigenvalue weighted by Crippen LogP contribution is -2.40. The van der Waals surface area contributed by atoms with E-state index in [2.05, 4.69) is 11.4 Å². The first-order chi connectivity index (χ1) is 8.29. The second-order valence-corrected chi connectivity index (χ2v) is 5.11. The summed E-state index contributed by atoms with van der Waals surface area (Å²) in [6, 6.07) is 2.24. The summed E-state index contributed by atoms with van der Waals surface area (Å²) in [7, 11) is 1.69. The Balaban J connectivity index is 2.37. The van der Waals surface area contributed by atoms with Gasteiger partial charge in [0.1, 0.15) is 5.54 Å². The minimum Gasteiger partial charge on any atom is -0.303 e. The zero-order valence-corrected chi connectivity index (χ0v) is 10.8. The van der Waals surface area contributed by atoms with E-state index in [-0.39, 0.29) is 6.04 Å². The Labute approximate surface area is 106 Å². The van der Waals surface area contributed by atoms with Gasteiger partial charge in [-0.3, -0.25) is 4.90 Å². The standard InChI is InChI=1S/C12H20F3N3/c1-11(8-16,17-2)6-3-7-18(10-4-5-10)9-12(13,14)15/h10,17H,3-7,9H2,1-2H3. The third-order valence-corrected chi connectivity index (χ3v) is 3.37. The average Bonchev–Trinajstić information content (AvgIpc) is 3.09. The number of rotatable bonds is 7. The molecule has 104 valence electrons. The second-order valence-electron chi connectivity index (χ2n) is 5.11. The van der Waals surface area contributed by atoms with Crippen molar-refractivity contribution in [1.29, 1.82) is 5.26 Å². The third kappa shape index (κ3) is 5.23. The molecule has 0 radical (unpaired) electrons. The summed E-state index contributed by atoms with van der Waals surface area (Å²) in [5.74, 6) is 0. The van der Waals surface area contributed by atoms with Crippen molar-refractivity contribution in [3.63, 3.8) is 0 Å². The lowest BCUT2D eigenvalue weighted by molar-refractivity contribution is -0.147. The van der Waals surface area contributed by atoms with E-state index in [1.165, 1.54) is 4.90 Å². The maximum atomic E-state index is 12.4. The van der Waals surface area contributed by atoms with Crippen molar-refractivity contribution in [2.75, 3.05) is 20.1 Å². The number of alkyl halides is 3. The molecule has 3 nitrogen and oxygen atoms in total. The van der Waals surface area contributed by atoms with Crippen LogP contribution in [0.2, 0.25) is 0 Å².